The van der Waals surface area contributed by atoms with E-state index >= 15 is 0 Å². The van der Waals surface area contributed by atoms with Gasteiger partial charge in [-0.3, -0.25) is 4.57 Å². The van der Waals surface area contributed by atoms with Gasteiger partial charge in [0.25, 0.3) is 20.0 Å². The summed E-state index contributed by atoms with van der Waals surface area (Å²) in [5.41, 5.74) is 2.66. The molecule has 1 heterocycles. The summed E-state index contributed by atoms with van der Waals surface area (Å²) < 4.78 is 69.5. The number of nitrogens with zero attached hydrogens (tertiary/aromatic N) is 3. The summed E-state index contributed by atoms with van der Waals surface area (Å²) in [6.07, 6.45) is 0. The summed E-state index contributed by atoms with van der Waals surface area (Å²) in [6.45, 7) is 0. The predicted octanol–water partition coefficient (Wildman–Crippen LogP) is 6.29. The standard InChI is InChI=1S/C33H27N3O6S2/c1-41-27-14-18-29(19-15-27)43(37,38)36(44(39,40)30-20-16-28(42-2)17-21-30)26-13-22-32-31(23-26)34-33(24-9-5-3-6-10-24)35(32)25-11-7-4-8-12-25/h3-23H,1-2H3. The van der Waals surface area contributed by atoms with E-state index in [0.717, 1.165) is 11.3 Å². The van der Waals surface area contributed by atoms with Crippen LogP contribution in [-0.4, -0.2) is 40.6 Å². The van der Waals surface area contributed by atoms with E-state index in [9.17, 15) is 16.8 Å². The van der Waals surface area contributed by atoms with Gasteiger partial charge in [0.05, 0.1) is 40.7 Å². The van der Waals surface area contributed by atoms with Gasteiger partial charge in [-0.15, -0.1) is 0 Å². The van der Waals surface area contributed by atoms with Crippen molar-refractivity contribution in [1.29, 1.82) is 0 Å². The third-order valence-corrected chi connectivity index (χ3v) is 11.3. The van der Waals surface area contributed by atoms with Gasteiger partial charge in [-0.2, -0.15) is 3.71 Å². The van der Waals surface area contributed by atoms with Crippen LogP contribution >= 0.6 is 0 Å². The Morgan fingerprint density at radius 3 is 1.61 bits per heavy atom. The molecule has 1 aromatic heterocycles. The average Bonchev–Trinajstić information content (AvgIpc) is 3.44. The Balaban J connectivity index is 1.58. The van der Waals surface area contributed by atoms with Crippen LogP contribution in [0.2, 0.25) is 0 Å². The van der Waals surface area contributed by atoms with Gasteiger partial charge in [0.1, 0.15) is 17.3 Å². The predicted molar refractivity (Wildman–Crippen MR) is 169 cm³/mol. The van der Waals surface area contributed by atoms with Crippen LogP contribution in [0.1, 0.15) is 0 Å². The number of anilines is 1. The summed E-state index contributed by atoms with van der Waals surface area (Å²) in [4.78, 5) is 4.42. The minimum atomic E-state index is -4.65. The highest BCUT2D eigenvalue weighted by Crippen LogP contribution is 2.36. The second-order valence-electron chi connectivity index (χ2n) is 9.70. The molecule has 0 unspecified atom stereocenters. The Hall–Kier alpha value is -5.13. The fraction of sp³-hybridized carbons (Fsp3) is 0.0606. The maximum absolute atomic E-state index is 14.2. The molecule has 0 amide bonds. The van der Waals surface area contributed by atoms with Crippen molar-refractivity contribution in [3.8, 4) is 28.6 Å². The SMILES string of the molecule is COc1ccc(S(=O)(=O)N(c2ccc3c(c2)nc(-c2ccccc2)n3-c2ccccc2)S(=O)(=O)c2ccc(OC)cc2)cc1. The van der Waals surface area contributed by atoms with Gasteiger partial charge in [-0.05, 0) is 78.9 Å². The van der Waals surface area contributed by atoms with Crippen LogP contribution in [0.5, 0.6) is 11.5 Å². The van der Waals surface area contributed by atoms with Gasteiger partial charge in [-0.1, -0.05) is 48.5 Å². The zero-order valence-electron chi connectivity index (χ0n) is 23.7. The van der Waals surface area contributed by atoms with Crippen LogP contribution in [0.25, 0.3) is 28.1 Å². The minimum absolute atomic E-state index is 0.0959. The van der Waals surface area contributed by atoms with E-state index in [0.29, 0.717) is 32.1 Å². The smallest absolute Gasteiger partial charge is 0.277 e. The van der Waals surface area contributed by atoms with Gasteiger partial charge < -0.3 is 9.47 Å². The molecule has 0 saturated heterocycles. The van der Waals surface area contributed by atoms with E-state index in [4.69, 9.17) is 14.5 Å². The summed E-state index contributed by atoms with van der Waals surface area (Å²) >= 11 is 0. The van der Waals surface area contributed by atoms with Crippen LogP contribution in [0.15, 0.2) is 137 Å². The summed E-state index contributed by atoms with van der Waals surface area (Å²) in [6, 6.07) is 34.9. The number of hydrogen-bond donors (Lipinski definition) is 0. The Kier molecular flexibility index (Phi) is 7.58. The first-order valence-electron chi connectivity index (χ1n) is 13.5. The first-order valence-corrected chi connectivity index (χ1v) is 16.3. The number of rotatable bonds is 9. The van der Waals surface area contributed by atoms with Crippen LogP contribution in [0.4, 0.5) is 5.69 Å². The molecule has 0 aliphatic rings. The number of sulfonamides is 2. The Labute approximate surface area is 255 Å². The van der Waals surface area contributed by atoms with Crippen molar-refractivity contribution in [3.05, 3.63) is 127 Å². The number of ether oxygens (including phenoxy) is 2. The second-order valence-corrected chi connectivity index (χ2v) is 13.5. The molecule has 9 nitrogen and oxygen atoms in total. The molecular formula is C33H27N3O6S2. The van der Waals surface area contributed by atoms with E-state index < -0.39 is 20.0 Å². The quantitative estimate of drug-likeness (QED) is 0.186. The Morgan fingerprint density at radius 1 is 0.614 bits per heavy atom. The van der Waals surface area contributed by atoms with Gasteiger partial charge >= 0.3 is 0 Å². The highest BCUT2D eigenvalue weighted by molar-refractivity contribution is 8.10. The lowest BCUT2D eigenvalue weighted by Gasteiger charge is -2.24. The highest BCUT2D eigenvalue weighted by Gasteiger charge is 2.37. The fourth-order valence-corrected chi connectivity index (χ4v) is 8.57. The first kappa shape index (κ1) is 29.0. The van der Waals surface area contributed by atoms with Crippen LogP contribution in [0.3, 0.4) is 0 Å². The molecule has 5 aromatic carbocycles. The lowest BCUT2D eigenvalue weighted by molar-refractivity contribution is 0.414. The summed E-state index contributed by atoms with van der Waals surface area (Å²) in [5, 5.41) is 0. The van der Waals surface area contributed by atoms with E-state index in [1.807, 2.05) is 65.2 Å². The molecule has 6 rings (SSSR count). The topological polar surface area (TPSA) is 108 Å². The summed E-state index contributed by atoms with van der Waals surface area (Å²) in [7, 11) is -6.39. The average molecular weight is 626 g/mol. The zero-order valence-corrected chi connectivity index (χ0v) is 25.4. The second kappa shape index (κ2) is 11.5. The normalized spacial score (nSPS) is 11.8. The fourth-order valence-electron chi connectivity index (χ4n) is 4.90. The van der Waals surface area contributed by atoms with Crippen molar-refractivity contribution in [3.63, 3.8) is 0 Å². The van der Waals surface area contributed by atoms with Gasteiger partial charge in [-0.25, -0.2) is 21.8 Å². The van der Waals surface area contributed by atoms with Crippen molar-refractivity contribution >= 4 is 36.8 Å². The number of imidazole rings is 1. The van der Waals surface area contributed by atoms with Crippen LogP contribution in [0, 0.1) is 0 Å². The zero-order chi connectivity index (χ0) is 30.9. The van der Waals surface area contributed by atoms with E-state index in [1.165, 1.54) is 74.9 Å². The molecule has 0 saturated carbocycles. The molecule has 0 radical (unpaired) electrons. The van der Waals surface area contributed by atoms with Gasteiger partial charge in [0, 0.05) is 11.3 Å². The van der Waals surface area contributed by atoms with Crippen LogP contribution in [-0.2, 0) is 20.0 Å². The maximum atomic E-state index is 14.2. The number of hydrogen-bond acceptors (Lipinski definition) is 7. The lowest BCUT2D eigenvalue weighted by Crippen LogP contribution is -2.37. The molecule has 44 heavy (non-hydrogen) atoms. The Morgan fingerprint density at radius 2 is 1.11 bits per heavy atom. The number of aromatic nitrogens is 2. The molecule has 0 spiro atoms. The summed E-state index contributed by atoms with van der Waals surface area (Å²) in [5.74, 6) is 1.47. The largest absolute Gasteiger partial charge is 0.497 e. The molecule has 0 aliphatic carbocycles. The third-order valence-electron chi connectivity index (χ3n) is 7.05. The van der Waals surface area contributed by atoms with Crippen molar-refractivity contribution in [2.75, 3.05) is 17.9 Å². The molecule has 0 fully saturated rings. The molecule has 0 aliphatic heterocycles. The molecule has 6 aromatic rings. The highest BCUT2D eigenvalue weighted by atomic mass is 32.3. The van der Waals surface area contributed by atoms with E-state index in [1.54, 1.807) is 6.07 Å². The van der Waals surface area contributed by atoms with Gasteiger partial charge in [0.15, 0.2) is 0 Å². The molecular weight excluding hydrogens is 599 g/mol. The molecule has 11 heteroatoms. The van der Waals surface area contributed by atoms with Crippen molar-refractivity contribution in [1.82, 2.24) is 9.55 Å². The molecule has 0 N–H and O–H groups in total. The third kappa shape index (κ3) is 5.16. The van der Waals surface area contributed by atoms with E-state index in [-0.39, 0.29) is 15.5 Å². The minimum Gasteiger partial charge on any atom is -0.497 e. The van der Waals surface area contributed by atoms with Crippen molar-refractivity contribution in [2.45, 2.75) is 9.79 Å². The number of methoxy groups -OCH3 is 2. The van der Waals surface area contributed by atoms with Crippen LogP contribution < -0.4 is 13.2 Å². The molecule has 0 bridgehead atoms. The monoisotopic (exact) mass is 625 g/mol. The maximum Gasteiger partial charge on any atom is 0.277 e. The Bertz CT molecular complexity index is 2070. The van der Waals surface area contributed by atoms with Gasteiger partial charge in [0.2, 0.25) is 0 Å². The van der Waals surface area contributed by atoms with Crippen molar-refractivity contribution in [2.24, 2.45) is 0 Å². The lowest BCUT2D eigenvalue weighted by atomic mass is 10.2. The first-order chi connectivity index (χ1) is 21.2. The number of benzene rings is 5. The van der Waals surface area contributed by atoms with Crippen molar-refractivity contribution < 1.29 is 26.3 Å². The number of fused-ring (bicyclic) bond motifs is 1. The van der Waals surface area contributed by atoms with E-state index in [2.05, 4.69) is 0 Å². The number of para-hydroxylation sites is 1. The molecule has 222 valence electrons. The molecule has 0 atom stereocenters.